The summed E-state index contributed by atoms with van der Waals surface area (Å²) in [5.74, 6) is -0.113. The van der Waals surface area contributed by atoms with E-state index >= 15 is 0 Å². The van der Waals surface area contributed by atoms with Crippen LogP contribution >= 0.6 is 0 Å². The second kappa shape index (κ2) is 9.82. The maximum absolute atomic E-state index is 13.1. The Bertz CT molecular complexity index is 910. The van der Waals surface area contributed by atoms with Crippen LogP contribution in [0.15, 0.2) is 48.5 Å². The van der Waals surface area contributed by atoms with Crippen LogP contribution in [0.5, 0.6) is 5.75 Å². The van der Waals surface area contributed by atoms with Gasteiger partial charge in [-0.05, 0) is 42.0 Å². The van der Waals surface area contributed by atoms with Gasteiger partial charge in [-0.2, -0.15) is 13.2 Å². The lowest BCUT2D eigenvalue weighted by Gasteiger charge is -2.30. The number of piperazine rings is 1. The Morgan fingerprint density at radius 1 is 1.10 bits per heavy atom. The number of benzene rings is 2. The number of rotatable bonds is 6. The van der Waals surface area contributed by atoms with E-state index < -0.39 is 17.6 Å². The molecule has 0 saturated carbocycles. The molecule has 0 unspecified atom stereocenters. The van der Waals surface area contributed by atoms with Gasteiger partial charge in [0.2, 0.25) is 5.91 Å². The van der Waals surface area contributed by atoms with Crippen LogP contribution in [0, 0.1) is 0 Å². The Morgan fingerprint density at radius 2 is 1.77 bits per heavy atom. The van der Waals surface area contributed by atoms with Crippen molar-refractivity contribution in [3.63, 3.8) is 0 Å². The minimum absolute atomic E-state index is 0.0870. The molecule has 0 atom stereocenters. The molecule has 2 aromatic rings. The number of hydrogen-bond acceptors (Lipinski definition) is 4. The molecule has 166 valence electrons. The summed E-state index contributed by atoms with van der Waals surface area (Å²) in [6, 6.07) is 11.1. The highest BCUT2D eigenvalue weighted by Crippen LogP contribution is 2.29. The van der Waals surface area contributed by atoms with Gasteiger partial charge in [0, 0.05) is 38.3 Å². The summed E-state index contributed by atoms with van der Waals surface area (Å²) in [5.41, 5.74) is -0.00276. The number of ether oxygens (including phenoxy) is 1. The average molecular weight is 435 g/mol. The summed E-state index contributed by atoms with van der Waals surface area (Å²) < 4.78 is 43.8. The van der Waals surface area contributed by atoms with Crippen molar-refractivity contribution < 1.29 is 27.5 Å². The number of carbonyl (C=O) groups is 2. The van der Waals surface area contributed by atoms with Crippen molar-refractivity contribution in [2.24, 2.45) is 0 Å². The number of nitrogens with zero attached hydrogens (tertiary/aromatic N) is 2. The van der Waals surface area contributed by atoms with Crippen molar-refractivity contribution in [1.29, 1.82) is 0 Å². The molecule has 0 radical (unpaired) electrons. The highest BCUT2D eigenvalue weighted by atomic mass is 19.4. The molecule has 1 aliphatic rings. The highest BCUT2D eigenvalue weighted by Gasteiger charge is 2.31. The predicted octanol–water partition coefficient (Wildman–Crippen LogP) is 2.79. The lowest BCUT2D eigenvalue weighted by Crippen LogP contribution is -2.50. The number of amides is 2. The van der Waals surface area contributed by atoms with Crippen LogP contribution in [0.1, 0.15) is 21.5 Å². The summed E-state index contributed by atoms with van der Waals surface area (Å²) in [4.78, 5) is 28.9. The number of nitrogens with one attached hydrogen (secondary N) is 1. The molecule has 2 amide bonds. The first-order valence-corrected chi connectivity index (χ1v) is 9.86. The Kier molecular flexibility index (Phi) is 7.17. The van der Waals surface area contributed by atoms with E-state index in [1.807, 2.05) is 0 Å². The third-order valence-electron chi connectivity index (χ3n) is 5.05. The number of halogens is 3. The number of methoxy groups -OCH3 is 1. The molecule has 1 heterocycles. The molecular weight excluding hydrogens is 411 g/mol. The molecule has 0 aromatic heterocycles. The maximum atomic E-state index is 13.1. The summed E-state index contributed by atoms with van der Waals surface area (Å²) in [6.45, 7) is 2.38. The Labute approximate surface area is 178 Å². The molecule has 3 rings (SSSR count). The van der Waals surface area contributed by atoms with E-state index in [2.05, 4.69) is 5.32 Å². The predicted molar refractivity (Wildman–Crippen MR) is 109 cm³/mol. The zero-order chi connectivity index (χ0) is 22.4. The van der Waals surface area contributed by atoms with Crippen molar-refractivity contribution >= 4 is 11.8 Å². The van der Waals surface area contributed by atoms with Gasteiger partial charge in [0.1, 0.15) is 12.3 Å². The van der Waals surface area contributed by atoms with Gasteiger partial charge in [0.25, 0.3) is 5.91 Å². The first kappa shape index (κ1) is 22.6. The molecule has 1 saturated heterocycles. The Morgan fingerprint density at radius 3 is 2.39 bits per heavy atom. The van der Waals surface area contributed by atoms with E-state index in [1.54, 1.807) is 29.2 Å². The van der Waals surface area contributed by atoms with Crippen LogP contribution in [0.4, 0.5) is 13.2 Å². The van der Waals surface area contributed by atoms with Gasteiger partial charge < -0.3 is 19.9 Å². The zero-order valence-electron chi connectivity index (χ0n) is 17.1. The van der Waals surface area contributed by atoms with Crippen LogP contribution in [-0.4, -0.2) is 61.4 Å². The summed E-state index contributed by atoms with van der Waals surface area (Å²) in [5, 5.41) is 3.16. The average Bonchev–Trinajstić information content (AvgIpc) is 2.78. The van der Waals surface area contributed by atoms with Crippen molar-refractivity contribution in [3.05, 3.63) is 65.2 Å². The van der Waals surface area contributed by atoms with Crippen molar-refractivity contribution in [1.82, 2.24) is 15.1 Å². The molecule has 0 spiro atoms. The number of carbonyl (C=O) groups excluding carboxylic acids is 2. The topological polar surface area (TPSA) is 61.9 Å². The highest BCUT2D eigenvalue weighted by molar-refractivity contribution is 5.96. The number of hydrogen-bond donors (Lipinski definition) is 1. The zero-order valence-corrected chi connectivity index (χ0v) is 17.1. The van der Waals surface area contributed by atoms with Crippen LogP contribution in [-0.2, 0) is 17.5 Å². The fraction of sp³-hybridized carbons (Fsp3) is 0.364. The van der Waals surface area contributed by atoms with Gasteiger partial charge in [-0.1, -0.05) is 12.1 Å². The van der Waals surface area contributed by atoms with Crippen LogP contribution in [0.3, 0.4) is 0 Å². The molecule has 6 nitrogen and oxygen atoms in total. The summed E-state index contributed by atoms with van der Waals surface area (Å²) in [6.07, 6.45) is -4.49. The van der Waals surface area contributed by atoms with Gasteiger partial charge in [-0.3, -0.25) is 9.59 Å². The number of alkyl halides is 3. The van der Waals surface area contributed by atoms with Crippen LogP contribution in [0.25, 0.3) is 0 Å². The largest absolute Gasteiger partial charge is 0.497 e. The SMILES string of the molecule is COc1cccc(CN(CC(=O)N2CCNCC2)C(=O)c2ccc(C(F)(F)F)cc2)c1. The third-order valence-corrected chi connectivity index (χ3v) is 5.05. The smallest absolute Gasteiger partial charge is 0.416 e. The lowest BCUT2D eigenvalue weighted by molar-refractivity contribution is -0.137. The first-order chi connectivity index (χ1) is 14.8. The van der Waals surface area contributed by atoms with E-state index in [1.165, 1.54) is 12.0 Å². The van der Waals surface area contributed by atoms with E-state index in [9.17, 15) is 22.8 Å². The molecule has 2 aromatic carbocycles. The molecular formula is C22H24F3N3O3. The molecule has 1 fully saturated rings. The first-order valence-electron chi connectivity index (χ1n) is 9.86. The van der Waals surface area contributed by atoms with Crippen molar-refractivity contribution in [3.8, 4) is 5.75 Å². The van der Waals surface area contributed by atoms with E-state index in [-0.39, 0.29) is 24.6 Å². The van der Waals surface area contributed by atoms with Crippen LogP contribution < -0.4 is 10.1 Å². The quantitative estimate of drug-likeness (QED) is 0.758. The van der Waals surface area contributed by atoms with E-state index in [4.69, 9.17) is 4.74 Å². The fourth-order valence-corrected chi connectivity index (χ4v) is 3.35. The van der Waals surface area contributed by atoms with Gasteiger partial charge in [-0.25, -0.2) is 0 Å². The molecule has 9 heteroatoms. The monoisotopic (exact) mass is 435 g/mol. The molecule has 0 bridgehead atoms. The standard InChI is InChI=1S/C22H24F3N3O3/c1-31-19-4-2-3-16(13-19)14-28(15-20(29)27-11-9-26-10-12-27)21(30)17-5-7-18(8-6-17)22(23,24)25/h2-8,13,26H,9-12,14-15H2,1H3. The van der Waals surface area contributed by atoms with E-state index in [0.29, 0.717) is 31.9 Å². The maximum Gasteiger partial charge on any atom is 0.416 e. The summed E-state index contributed by atoms with van der Waals surface area (Å²) >= 11 is 0. The van der Waals surface area contributed by atoms with Crippen molar-refractivity contribution in [2.75, 3.05) is 39.8 Å². The summed E-state index contributed by atoms with van der Waals surface area (Å²) in [7, 11) is 1.53. The molecule has 31 heavy (non-hydrogen) atoms. The fourth-order valence-electron chi connectivity index (χ4n) is 3.35. The minimum Gasteiger partial charge on any atom is -0.497 e. The Balaban J connectivity index is 1.82. The van der Waals surface area contributed by atoms with Gasteiger partial charge in [0.15, 0.2) is 0 Å². The van der Waals surface area contributed by atoms with Gasteiger partial charge in [0.05, 0.1) is 12.7 Å². The van der Waals surface area contributed by atoms with Gasteiger partial charge in [-0.15, -0.1) is 0 Å². The Hall–Kier alpha value is -3.07. The minimum atomic E-state index is -4.49. The van der Waals surface area contributed by atoms with Crippen LogP contribution in [0.2, 0.25) is 0 Å². The molecule has 1 aliphatic heterocycles. The second-order valence-electron chi connectivity index (χ2n) is 7.22. The van der Waals surface area contributed by atoms with E-state index in [0.717, 1.165) is 29.8 Å². The van der Waals surface area contributed by atoms with Gasteiger partial charge >= 0.3 is 6.18 Å². The molecule has 0 aliphatic carbocycles. The normalized spacial score (nSPS) is 14.3. The van der Waals surface area contributed by atoms with Crippen molar-refractivity contribution in [2.45, 2.75) is 12.7 Å². The molecule has 1 N–H and O–H groups in total. The third kappa shape index (κ3) is 5.97. The lowest BCUT2D eigenvalue weighted by atomic mass is 10.1. The second-order valence-corrected chi connectivity index (χ2v) is 7.22.